The number of aromatic nitrogens is 3. The number of pyridine rings is 1. The Kier molecular flexibility index (Phi) is 5.36. The molecule has 0 radical (unpaired) electrons. The monoisotopic (exact) mass is 354 g/mol. The van der Waals surface area contributed by atoms with Crippen molar-refractivity contribution >= 4 is 11.6 Å². The number of hydrogen-bond donors (Lipinski definition) is 1. The van der Waals surface area contributed by atoms with Crippen LogP contribution in [0.4, 0.5) is 0 Å². The maximum absolute atomic E-state index is 12.4. The number of nitrogens with zero attached hydrogens (tertiary/aromatic N) is 3. The van der Waals surface area contributed by atoms with Crippen LogP contribution in [0.5, 0.6) is 11.5 Å². The minimum atomic E-state index is -0.243. The van der Waals surface area contributed by atoms with Crippen molar-refractivity contribution in [2.75, 3.05) is 14.2 Å². The van der Waals surface area contributed by atoms with Gasteiger partial charge in [0.15, 0.2) is 11.5 Å². The van der Waals surface area contributed by atoms with Gasteiger partial charge in [0, 0.05) is 12.6 Å². The molecule has 7 nitrogen and oxygen atoms in total. The van der Waals surface area contributed by atoms with Gasteiger partial charge in [-0.15, -0.1) is 10.2 Å². The molecule has 0 fully saturated rings. The summed E-state index contributed by atoms with van der Waals surface area (Å²) in [4.78, 5) is 12.4. The van der Waals surface area contributed by atoms with Gasteiger partial charge in [-0.1, -0.05) is 6.07 Å². The van der Waals surface area contributed by atoms with Gasteiger partial charge in [0.2, 0.25) is 5.91 Å². The first kappa shape index (κ1) is 17.7. The van der Waals surface area contributed by atoms with Crippen LogP contribution in [-0.4, -0.2) is 34.7 Å². The molecule has 0 bridgehead atoms. The molecule has 0 spiro atoms. The molecule has 136 valence electrons. The fourth-order valence-electron chi connectivity index (χ4n) is 2.86. The molecule has 7 heteroatoms. The Bertz CT molecular complexity index is 907. The van der Waals surface area contributed by atoms with E-state index in [0.717, 1.165) is 22.7 Å². The number of amides is 1. The molecule has 0 saturated carbocycles. The fraction of sp³-hybridized carbons (Fsp3) is 0.316. The summed E-state index contributed by atoms with van der Waals surface area (Å²) in [6.07, 6.45) is 2.78. The average molecular weight is 354 g/mol. The van der Waals surface area contributed by atoms with Crippen molar-refractivity contribution < 1.29 is 14.3 Å². The second-order valence-electron chi connectivity index (χ2n) is 5.95. The van der Waals surface area contributed by atoms with Crippen molar-refractivity contribution in [3.8, 4) is 11.5 Å². The first-order valence-electron chi connectivity index (χ1n) is 8.42. The first-order chi connectivity index (χ1) is 12.6. The molecule has 3 rings (SSSR count). The highest BCUT2D eigenvalue weighted by Gasteiger charge is 2.16. The molecule has 1 N–H and O–H groups in total. The van der Waals surface area contributed by atoms with Crippen molar-refractivity contribution in [3.63, 3.8) is 0 Å². The lowest BCUT2D eigenvalue weighted by atomic mass is 10.1. The van der Waals surface area contributed by atoms with E-state index in [1.165, 1.54) is 0 Å². The highest BCUT2D eigenvalue weighted by molar-refractivity contribution is 5.76. The number of benzene rings is 1. The lowest BCUT2D eigenvalue weighted by molar-refractivity contribution is -0.121. The lowest BCUT2D eigenvalue weighted by Crippen LogP contribution is -2.28. The third-order valence-corrected chi connectivity index (χ3v) is 4.21. The number of nitrogens with one attached hydrogen (secondary N) is 1. The predicted molar refractivity (Wildman–Crippen MR) is 97.4 cm³/mol. The van der Waals surface area contributed by atoms with Crippen LogP contribution >= 0.6 is 0 Å². The number of methoxy groups -OCH3 is 2. The van der Waals surface area contributed by atoms with E-state index in [1.54, 1.807) is 14.2 Å². The number of fused-ring (bicyclic) bond motifs is 1. The predicted octanol–water partition coefficient (Wildman–Crippen LogP) is 2.56. The third kappa shape index (κ3) is 3.77. The Hall–Kier alpha value is -3.09. The second kappa shape index (κ2) is 7.86. The minimum absolute atomic E-state index is 0.0601. The van der Waals surface area contributed by atoms with Crippen LogP contribution in [0.1, 0.15) is 30.8 Å². The molecule has 0 saturated heterocycles. The van der Waals surface area contributed by atoms with E-state index in [0.29, 0.717) is 18.7 Å². The number of rotatable bonds is 7. The Morgan fingerprint density at radius 1 is 1.19 bits per heavy atom. The number of carbonyl (C=O) groups is 1. The van der Waals surface area contributed by atoms with Crippen molar-refractivity contribution in [1.82, 2.24) is 19.9 Å². The summed E-state index contributed by atoms with van der Waals surface area (Å²) in [5.74, 6) is 2.13. The van der Waals surface area contributed by atoms with E-state index in [4.69, 9.17) is 9.47 Å². The molecule has 1 aromatic carbocycles. The quantitative estimate of drug-likeness (QED) is 0.705. The van der Waals surface area contributed by atoms with Crippen LogP contribution in [0.25, 0.3) is 5.65 Å². The van der Waals surface area contributed by atoms with Crippen molar-refractivity contribution in [3.05, 3.63) is 54.0 Å². The molecule has 2 heterocycles. The lowest BCUT2D eigenvalue weighted by Gasteiger charge is -2.13. The van der Waals surface area contributed by atoms with Gasteiger partial charge in [0.1, 0.15) is 11.5 Å². The Morgan fingerprint density at radius 3 is 2.81 bits per heavy atom. The summed E-state index contributed by atoms with van der Waals surface area (Å²) < 4.78 is 12.5. The smallest absolute Gasteiger partial charge is 0.220 e. The van der Waals surface area contributed by atoms with Crippen LogP contribution < -0.4 is 14.8 Å². The summed E-state index contributed by atoms with van der Waals surface area (Å²) in [5, 5.41) is 11.3. The Morgan fingerprint density at radius 2 is 2.04 bits per heavy atom. The van der Waals surface area contributed by atoms with Crippen LogP contribution in [-0.2, 0) is 11.2 Å². The molecule has 2 aromatic heterocycles. The average Bonchev–Trinajstić information content (AvgIpc) is 3.10. The van der Waals surface area contributed by atoms with Crippen LogP contribution in [0, 0.1) is 0 Å². The van der Waals surface area contributed by atoms with Gasteiger partial charge in [-0.25, -0.2) is 0 Å². The fourth-order valence-corrected chi connectivity index (χ4v) is 2.86. The zero-order valence-electron chi connectivity index (χ0n) is 15.1. The maximum Gasteiger partial charge on any atom is 0.220 e. The topological polar surface area (TPSA) is 77.8 Å². The highest BCUT2D eigenvalue weighted by atomic mass is 16.5. The molecule has 1 amide bonds. The van der Waals surface area contributed by atoms with E-state index >= 15 is 0 Å². The first-order valence-corrected chi connectivity index (χ1v) is 8.42. The maximum atomic E-state index is 12.4. The number of ether oxygens (including phenoxy) is 2. The number of hydrogen-bond acceptors (Lipinski definition) is 5. The van der Waals surface area contributed by atoms with E-state index in [-0.39, 0.29) is 11.9 Å². The molecular weight excluding hydrogens is 332 g/mol. The molecule has 0 aliphatic carbocycles. The second-order valence-corrected chi connectivity index (χ2v) is 5.95. The summed E-state index contributed by atoms with van der Waals surface area (Å²) in [6, 6.07) is 11.0. The van der Waals surface area contributed by atoms with Crippen molar-refractivity contribution in [1.29, 1.82) is 0 Å². The molecule has 1 unspecified atom stereocenters. The number of carbonyl (C=O) groups excluding carboxylic acids is 1. The zero-order valence-corrected chi connectivity index (χ0v) is 15.1. The third-order valence-electron chi connectivity index (χ3n) is 4.21. The van der Waals surface area contributed by atoms with E-state index < -0.39 is 0 Å². The van der Waals surface area contributed by atoms with Gasteiger partial charge < -0.3 is 14.8 Å². The van der Waals surface area contributed by atoms with E-state index in [1.807, 2.05) is 53.9 Å². The molecule has 3 aromatic rings. The summed E-state index contributed by atoms with van der Waals surface area (Å²) in [6.45, 7) is 1.90. The van der Waals surface area contributed by atoms with Crippen LogP contribution in [0.2, 0.25) is 0 Å². The SMILES string of the molecule is COc1ccc(OC)c(CCC(=O)NC(C)c2nnc3ccccn23)c1. The van der Waals surface area contributed by atoms with E-state index in [9.17, 15) is 4.79 Å². The van der Waals surface area contributed by atoms with Gasteiger partial charge in [-0.3, -0.25) is 9.20 Å². The van der Waals surface area contributed by atoms with Gasteiger partial charge >= 0.3 is 0 Å². The van der Waals surface area contributed by atoms with Gasteiger partial charge in [-0.05, 0) is 49.2 Å². The van der Waals surface area contributed by atoms with Crippen LogP contribution in [0.3, 0.4) is 0 Å². The molecule has 26 heavy (non-hydrogen) atoms. The molecule has 0 aliphatic rings. The summed E-state index contributed by atoms with van der Waals surface area (Å²) in [7, 11) is 3.23. The van der Waals surface area contributed by atoms with Crippen molar-refractivity contribution in [2.24, 2.45) is 0 Å². The Balaban J connectivity index is 1.64. The minimum Gasteiger partial charge on any atom is -0.497 e. The number of aryl methyl sites for hydroxylation is 1. The molecular formula is C19H22N4O3. The molecule has 1 atom stereocenters. The van der Waals surface area contributed by atoms with Crippen molar-refractivity contribution in [2.45, 2.75) is 25.8 Å². The normalized spacial score (nSPS) is 12.0. The largest absolute Gasteiger partial charge is 0.497 e. The summed E-state index contributed by atoms with van der Waals surface area (Å²) >= 11 is 0. The molecule has 0 aliphatic heterocycles. The Labute approximate surface area is 152 Å². The van der Waals surface area contributed by atoms with Gasteiger partial charge in [0.25, 0.3) is 0 Å². The standard InChI is InChI=1S/C19H22N4O3/c1-13(19-22-21-17-6-4-5-11-23(17)19)20-18(24)10-7-14-12-15(25-2)8-9-16(14)26-3/h4-6,8-9,11-13H,7,10H2,1-3H3,(H,20,24). The zero-order chi connectivity index (χ0) is 18.5. The highest BCUT2D eigenvalue weighted by Crippen LogP contribution is 2.25. The van der Waals surface area contributed by atoms with E-state index in [2.05, 4.69) is 15.5 Å². The van der Waals surface area contributed by atoms with Gasteiger partial charge in [0.05, 0.1) is 20.3 Å². The van der Waals surface area contributed by atoms with Gasteiger partial charge in [-0.2, -0.15) is 0 Å². The summed E-state index contributed by atoms with van der Waals surface area (Å²) in [5.41, 5.74) is 1.69. The van der Waals surface area contributed by atoms with Crippen LogP contribution in [0.15, 0.2) is 42.6 Å².